The third kappa shape index (κ3) is 6.23. The van der Waals surface area contributed by atoms with Gasteiger partial charge < -0.3 is 19.5 Å². The number of ether oxygens (including phenoxy) is 2. The number of carbonyl (C=O) groups is 3. The van der Waals surface area contributed by atoms with Crippen LogP contribution >= 0.6 is 11.3 Å². The summed E-state index contributed by atoms with van der Waals surface area (Å²) in [4.78, 5) is 37.9. The molecule has 0 spiro atoms. The number of carbonyl (C=O) groups excluding carboxylic acids is 3. The van der Waals surface area contributed by atoms with Gasteiger partial charge in [-0.2, -0.15) is 0 Å². The second kappa shape index (κ2) is 10.7. The number of hydrogen-bond donors (Lipinski definition) is 2. The Labute approximate surface area is 195 Å². The topological polar surface area (TPSA) is 139 Å². The molecule has 0 radical (unpaired) electrons. The maximum Gasteiger partial charge on any atom is 0.342 e. The van der Waals surface area contributed by atoms with E-state index in [2.05, 4.69) is 4.72 Å². The average molecular weight is 497 g/mol. The van der Waals surface area contributed by atoms with E-state index in [0.29, 0.717) is 32.5 Å². The molecule has 0 bridgehead atoms. The number of piperidine rings is 1. The van der Waals surface area contributed by atoms with Crippen LogP contribution in [-0.4, -0.2) is 62.6 Å². The predicted molar refractivity (Wildman–Crippen MR) is 119 cm³/mol. The molecule has 2 N–H and O–H groups in total. The van der Waals surface area contributed by atoms with Gasteiger partial charge in [0.1, 0.15) is 15.5 Å². The van der Waals surface area contributed by atoms with Crippen LogP contribution in [0.15, 0.2) is 39.9 Å². The van der Waals surface area contributed by atoms with Gasteiger partial charge in [-0.15, -0.1) is 11.3 Å². The Morgan fingerprint density at radius 1 is 1.18 bits per heavy atom. The van der Waals surface area contributed by atoms with E-state index in [0.717, 1.165) is 17.4 Å². The van der Waals surface area contributed by atoms with Gasteiger partial charge in [0.15, 0.2) is 6.61 Å². The largest absolute Gasteiger partial charge is 0.507 e. The Morgan fingerprint density at radius 3 is 2.52 bits per heavy atom. The SMILES string of the molecule is CCOC(=O)C1CCN(C(=O)COC(=O)c2ccc(NS(=O)(=O)c3cccs3)cc2O)CC1. The number of rotatable bonds is 8. The van der Waals surface area contributed by atoms with Gasteiger partial charge in [0.05, 0.1) is 18.2 Å². The number of phenols is 1. The van der Waals surface area contributed by atoms with Crippen LogP contribution in [0.25, 0.3) is 0 Å². The van der Waals surface area contributed by atoms with E-state index in [1.807, 2.05) is 0 Å². The number of sulfonamides is 1. The average Bonchev–Trinajstić information content (AvgIpc) is 3.33. The normalized spacial score (nSPS) is 14.5. The molecule has 1 fully saturated rings. The summed E-state index contributed by atoms with van der Waals surface area (Å²) in [5, 5.41) is 11.8. The summed E-state index contributed by atoms with van der Waals surface area (Å²) in [6, 6.07) is 6.64. The summed E-state index contributed by atoms with van der Waals surface area (Å²) in [5.41, 5.74) is -0.138. The summed E-state index contributed by atoms with van der Waals surface area (Å²) >= 11 is 1.04. The fraction of sp³-hybridized carbons (Fsp3) is 0.381. The lowest BCUT2D eigenvalue weighted by Gasteiger charge is -2.30. The predicted octanol–water partition coefficient (Wildman–Crippen LogP) is 2.21. The third-order valence-corrected chi connectivity index (χ3v) is 7.80. The molecule has 178 valence electrons. The Balaban J connectivity index is 1.52. The summed E-state index contributed by atoms with van der Waals surface area (Å²) in [7, 11) is -3.80. The van der Waals surface area contributed by atoms with E-state index in [1.165, 1.54) is 23.1 Å². The van der Waals surface area contributed by atoms with Crippen molar-refractivity contribution in [1.29, 1.82) is 0 Å². The van der Waals surface area contributed by atoms with E-state index in [-0.39, 0.29) is 27.3 Å². The van der Waals surface area contributed by atoms with Crippen molar-refractivity contribution in [1.82, 2.24) is 4.90 Å². The van der Waals surface area contributed by atoms with Crippen molar-refractivity contribution in [3.8, 4) is 5.75 Å². The van der Waals surface area contributed by atoms with Crippen LogP contribution in [0.1, 0.15) is 30.1 Å². The van der Waals surface area contributed by atoms with Gasteiger partial charge in [-0.3, -0.25) is 14.3 Å². The number of esters is 2. The zero-order valence-electron chi connectivity index (χ0n) is 17.9. The number of benzene rings is 1. The standard InChI is InChI=1S/C21H24N2O8S2/c1-2-30-20(26)14-7-9-23(10-8-14)18(25)13-31-21(27)16-6-5-15(12-17(16)24)22-33(28,29)19-4-3-11-32-19/h3-6,11-12,14,22,24H,2,7-10,13H2,1H3. The number of aromatic hydroxyl groups is 1. The van der Waals surface area contributed by atoms with Gasteiger partial charge >= 0.3 is 11.9 Å². The highest BCUT2D eigenvalue weighted by Gasteiger charge is 2.28. The van der Waals surface area contributed by atoms with Gasteiger partial charge in [-0.25, -0.2) is 13.2 Å². The summed E-state index contributed by atoms with van der Waals surface area (Å²) < 4.78 is 37.0. The second-order valence-electron chi connectivity index (χ2n) is 7.25. The molecule has 1 aromatic heterocycles. The molecule has 0 aliphatic carbocycles. The van der Waals surface area contributed by atoms with Crippen LogP contribution in [0.5, 0.6) is 5.75 Å². The van der Waals surface area contributed by atoms with Gasteiger partial charge in [0.25, 0.3) is 15.9 Å². The molecule has 10 nitrogen and oxygen atoms in total. The van der Waals surface area contributed by atoms with E-state index in [9.17, 15) is 27.9 Å². The molecule has 0 unspecified atom stereocenters. The van der Waals surface area contributed by atoms with Crippen molar-refractivity contribution in [2.75, 3.05) is 31.0 Å². The zero-order chi connectivity index (χ0) is 24.0. The number of amides is 1. The Hall–Kier alpha value is -3.12. The number of hydrogen-bond acceptors (Lipinski definition) is 9. The first-order chi connectivity index (χ1) is 15.7. The Kier molecular flexibility index (Phi) is 7.92. The smallest absolute Gasteiger partial charge is 0.342 e. The molecular weight excluding hydrogens is 472 g/mol. The molecule has 2 aromatic rings. The molecule has 0 saturated carbocycles. The van der Waals surface area contributed by atoms with E-state index in [1.54, 1.807) is 18.4 Å². The first-order valence-electron chi connectivity index (χ1n) is 10.2. The number of thiophene rings is 1. The highest BCUT2D eigenvalue weighted by molar-refractivity contribution is 7.94. The monoisotopic (exact) mass is 496 g/mol. The minimum absolute atomic E-state index is 0.0676. The molecule has 2 heterocycles. The van der Waals surface area contributed by atoms with Crippen LogP contribution in [0.3, 0.4) is 0 Å². The number of phenolic OH excluding ortho intramolecular Hbond substituents is 1. The van der Waals surface area contributed by atoms with E-state index < -0.39 is 34.3 Å². The molecule has 1 aliphatic rings. The molecule has 1 aromatic carbocycles. The molecule has 12 heteroatoms. The zero-order valence-corrected chi connectivity index (χ0v) is 19.5. The van der Waals surface area contributed by atoms with Gasteiger partial charge in [0, 0.05) is 19.2 Å². The number of nitrogens with one attached hydrogen (secondary N) is 1. The lowest BCUT2D eigenvalue weighted by atomic mass is 9.97. The first kappa shape index (κ1) is 24.5. The van der Waals surface area contributed by atoms with Crippen molar-refractivity contribution in [2.24, 2.45) is 5.92 Å². The number of nitrogens with zero attached hydrogens (tertiary/aromatic N) is 1. The minimum Gasteiger partial charge on any atom is -0.507 e. The highest BCUT2D eigenvalue weighted by Crippen LogP contribution is 2.26. The number of anilines is 1. The van der Waals surface area contributed by atoms with Crippen LogP contribution in [0.4, 0.5) is 5.69 Å². The molecule has 33 heavy (non-hydrogen) atoms. The lowest BCUT2D eigenvalue weighted by molar-refractivity contribution is -0.151. The van der Waals surface area contributed by atoms with Crippen molar-refractivity contribution in [3.05, 3.63) is 41.3 Å². The fourth-order valence-electron chi connectivity index (χ4n) is 3.31. The van der Waals surface area contributed by atoms with Crippen LogP contribution < -0.4 is 4.72 Å². The molecular formula is C21H24N2O8S2. The summed E-state index contributed by atoms with van der Waals surface area (Å²) in [6.45, 7) is 2.23. The molecule has 1 saturated heterocycles. The first-order valence-corrected chi connectivity index (χ1v) is 12.6. The Bertz CT molecular complexity index is 1110. The van der Waals surface area contributed by atoms with Crippen molar-refractivity contribution in [3.63, 3.8) is 0 Å². The highest BCUT2D eigenvalue weighted by atomic mass is 32.2. The van der Waals surface area contributed by atoms with Crippen molar-refractivity contribution in [2.45, 2.75) is 24.0 Å². The Morgan fingerprint density at radius 2 is 1.91 bits per heavy atom. The maximum absolute atomic E-state index is 12.3. The van der Waals surface area contributed by atoms with Crippen LogP contribution in [-0.2, 0) is 29.1 Å². The van der Waals surface area contributed by atoms with E-state index in [4.69, 9.17) is 9.47 Å². The number of likely N-dealkylation sites (tertiary alicyclic amines) is 1. The molecule has 3 rings (SSSR count). The van der Waals surface area contributed by atoms with Crippen molar-refractivity contribution < 1.29 is 37.4 Å². The van der Waals surface area contributed by atoms with Crippen LogP contribution in [0.2, 0.25) is 0 Å². The molecule has 0 atom stereocenters. The lowest BCUT2D eigenvalue weighted by Crippen LogP contribution is -2.42. The molecule has 1 amide bonds. The van der Waals surface area contributed by atoms with Gasteiger partial charge in [-0.05, 0) is 43.3 Å². The quantitative estimate of drug-likeness (QED) is 0.530. The van der Waals surface area contributed by atoms with Gasteiger partial charge in [0.2, 0.25) is 0 Å². The maximum atomic E-state index is 12.3. The molecule has 1 aliphatic heterocycles. The summed E-state index contributed by atoms with van der Waals surface area (Å²) in [5.74, 6) is -2.34. The second-order valence-corrected chi connectivity index (χ2v) is 10.1. The summed E-state index contributed by atoms with van der Waals surface area (Å²) in [6.07, 6.45) is 0.949. The van der Waals surface area contributed by atoms with Crippen LogP contribution in [0, 0.1) is 5.92 Å². The third-order valence-electron chi connectivity index (χ3n) is 5.02. The van der Waals surface area contributed by atoms with Gasteiger partial charge in [-0.1, -0.05) is 6.07 Å². The van der Waals surface area contributed by atoms with Crippen molar-refractivity contribution >= 4 is 44.9 Å². The minimum atomic E-state index is -3.80. The van der Waals surface area contributed by atoms with E-state index >= 15 is 0 Å². The fourth-order valence-corrected chi connectivity index (χ4v) is 5.35.